The van der Waals surface area contributed by atoms with Crippen molar-refractivity contribution in [1.29, 1.82) is 0 Å². The molecule has 7 rings (SSSR count). The predicted molar refractivity (Wildman–Crippen MR) is 370 cm³/mol. The molecule has 23 nitrogen and oxygen atoms in total. The zero-order valence-corrected chi connectivity index (χ0v) is 60.6. The van der Waals surface area contributed by atoms with Crippen LogP contribution in [-0.2, 0) is 82.8 Å². The van der Waals surface area contributed by atoms with Gasteiger partial charge in [0.25, 0.3) is 0 Å². The van der Waals surface area contributed by atoms with Gasteiger partial charge in [-0.15, -0.1) is 23.1 Å². The number of unbranched alkanes of at least 4 members (excludes halogenated alkanes) is 8. The molecule has 0 unspecified atom stereocenters. The highest BCUT2D eigenvalue weighted by atomic mass is 32.2. The van der Waals surface area contributed by atoms with Crippen LogP contribution < -0.4 is 10.6 Å². The number of nitrogens with one attached hydrogen (secondary N) is 2. The van der Waals surface area contributed by atoms with E-state index in [-0.39, 0.29) is 91.8 Å². The number of allylic oxidation sites excluding steroid dienone is 1. The van der Waals surface area contributed by atoms with Crippen LogP contribution in [0.4, 0.5) is 0 Å². The molecule has 5 N–H and O–H groups in total. The molecule has 0 aliphatic carbocycles. The predicted octanol–water partition coefficient (Wildman–Crippen LogP) is 9.88. The second kappa shape index (κ2) is 40.2. The van der Waals surface area contributed by atoms with E-state index < -0.39 is 95.9 Å². The second-order valence-corrected chi connectivity index (χ2v) is 30.1. The van der Waals surface area contributed by atoms with Gasteiger partial charge >= 0.3 is 29.8 Å². The van der Waals surface area contributed by atoms with E-state index in [4.69, 9.17) is 37.9 Å². The molecule has 3 fully saturated rings. The number of carbonyl (C=O) groups excluding carboxylic acids is 8. The highest BCUT2D eigenvalue weighted by Crippen LogP contribution is 2.47. The number of fused-ring (bicyclic) bond motifs is 10. The SMILES string of the molecule is CCCCCCCC(=O)O[C@H]1/C(=C/C(=O)OC)C[C@H]2C[C@H](CO)OC(=O)C[C@H](O)C[C@@H]3CCC[C@H](C[C@@H]4C/C(=C/C(=O)OC)C[C@H](/C=C/C(C)(C)[C@]1(O)O2)O4)O3.CCCCCCCC(=O)SCC/C=C/[C@@H]1CC(=O)NCc2nc(cs2)C2=N[C@@](C)(CS2)C(=O)N[C@@H](C(C)C)C(=O)O1. The number of aliphatic hydroxyl groups is 3. The van der Waals surface area contributed by atoms with Crippen LogP contribution in [0.1, 0.15) is 213 Å². The number of cyclic esters (lactones) is 2. The Morgan fingerprint density at radius 2 is 1.52 bits per heavy atom. The molecule has 542 valence electrons. The van der Waals surface area contributed by atoms with Gasteiger partial charge in [-0.2, -0.15) is 0 Å². The molecule has 2 amide bonds. The molecule has 6 aliphatic heterocycles. The first-order chi connectivity index (χ1) is 46.3. The normalized spacial score (nSPS) is 30.2. The van der Waals surface area contributed by atoms with Crippen molar-refractivity contribution in [3.8, 4) is 0 Å². The summed E-state index contributed by atoms with van der Waals surface area (Å²) in [5.74, 6) is -5.24. The van der Waals surface area contributed by atoms with Crippen molar-refractivity contribution in [2.45, 2.75) is 281 Å². The summed E-state index contributed by atoms with van der Waals surface area (Å²) < 4.78 is 46.7. The van der Waals surface area contributed by atoms with Gasteiger partial charge in [0, 0.05) is 66.6 Å². The minimum absolute atomic E-state index is 0.0301. The number of hydrogen-bond donors (Lipinski definition) is 5. The van der Waals surface area contributed by atoms with Gasteiger partial charge in [-0.1, -0.05) is 128 Å². The van der Waals surface area contributed by atoms with Crippen molar-refractivity contribution in [3.05, 3.63) is 63.7 Å². The molecular weight excluding hydrogens is 1310 g/mol. The Morgan fingerprint density at radius 1 is 0.825 bits per heavy atom. The van der Waals surface area contributed by atoms with Gasteiger partial charge in [0.2, 0.25) is 17.6 Å². The number of rotatable bonds is 21. The third-order valence-corrected chi connectivity index (χ3v) is 21.0. The third-order valence-electron chi connectivity index (χ3n) is 17.9. The Balaban J connectivity index is 0.000000322. The molecule has 0 radical (unpaired) electrons. The minimum atomic E-state index is -2.30. The van der Waals surface area contributed by atoms with E-state index in [9.17, 15) is 53.7 Å². The minimum Gasteiger partial charge on any atom is -0.466 e. The van der Waals surface area contributed by atoms with Gasteiger partial charge in [0.15, 0.2) is 11.2 Å². The summed E-state index contributed by atoms with van der Waals surface area (Å²) >= 11 is 4.18. The molecule has 7 heterocycles. The number of ether oxygens (including phenoxy) is 8. The van der Waals surface area contributed by atoms with Crippen LogP contribution in [0.5, 0.6) is 0 Å². The maximum absolute atomic E-state index is 13.4. The van der Waals surface area contributed by atoms with Crippen molar-refractivity contribution >= 4 is 86.7 Å². The van der Waals surface area contributed by atoms with E-state index in [1.54, 1.807) is 39.0 Å². The number of carbonyl (C=O) groups is 8. The van der Waals surface area contributed by atoms with Crippen LogP contribution in [0.25, 0.3) is 0 Å². The maximum Gasteiger partial charge on any atom is 0.330 e. The highest BCUT2D eigenvalue weighted by Gasteiger charge is 2.58. The van der Waals surface area contributed by atoms with Crippen LogP contribution in [0.15, 0.2) is 58.0 Å². The molecule has 10 bridgehead atoms. The van der Waals surface area contributed by atoms with E-state index in [0.29, 0.717) is 60.8 Å². The number of esters is 5. The Kier molecular flexibility index (Phi) is 33.4. The standard InChI is InChI=1S/C42H64O14.C29H42N4O5S3/c1-6-7-8-9-10-14-36(45)55-40-28(21-38(47)51-5)20-34-25-35(26-43)54-39(48)23-29(44)22-30-12-11-13-31(52-30)24-33-18-27(19-37(46)50-4)17-32(53-33)15-16-41(2,3)42(40,49)56-34;1-5-6-7-8-9-13-24(35)39-14-11-10-12-20-15-22(34)30-16-23-31-21(17-40-23)26-33-29(4,18-41-26)28(37)32-25(19(2)3)27(36)38-20/h15-16,19,21,29-35,40,43-44,49H,6-14,17-18,20,22-26H2,1-5H3;10,12,17,19-20,25H,5-9,11,13-16,18H2,1-4H3,(H,30,34)(H,32,37)/b16-15+,27-19+,28-21+;12-10+/t29-,30+,31-,32+,33+,34+,35-,40+,42-;20-,25+,29+/m11/s1. The first-order valence-corrected chi connectivity index (χ1v) is 37.6. The quantitative estimate of drug-likeness (QED) is 0.0251. The number of hydrogen-bond acceptors (Lipinski definition) is 24. The van der Waals surface area contributed by atoms with Crippen LogP contribution in [-0.4, -0.2) is 177 Å². The number of nitrogens with zero attached hydrogens (tertiary/aromatic N) is 2. The molecular formula is C71H106N4O19S3. The Labute approximate surface area is 584 Å². The fourth-order valence-corrected chi connectivity index (χ4v) is 15.1. The van der Waals surface area contributed by atoms with Gasteiger partial charge < -0.3 is 63.8 Å². The lowest BCUT2D eigenvalue weighted by atomic mass is 9.74. The zero-order chi connectivity index (χ0) is 70.7. The van der Waals surface area contributed by atoms with E-state index >= 15 is 0 Å². The van der Waals surface area contributed by atoms with Crippen LogP contribution >= 0.6 is 34.9 Å². The second-order valence-electron chi connectivity index (χ2n) is 27.1. The fourth-order valence-electron chi connectivity index (χ4n) is 12.4. The lowest BCUT2D eigenvalue weighted by Gasteiger charge is -2.51. The molecule has 97 heavy (non-hydrogen) atoms. The molecule has 0 spiro atoms. The van der Waals surface area contributed by atoms with Crippen molar-refractivity contribution < 1.29 is 91.6 Å². The Hall–Kier alpha value is -5.32. The van der Waals surface area contributed by atoms with E-state index in [1.807, 2.05) is 25.3 Å². The number of aliphatic imine (C=N–C) groups is 1. The summed E-state index contributed by atoms with van der Waals surface area (Å²) in [5, 5.41) is 43.2. The summed E-state index contributed by atoms with van der Waals surface area (Å²) in [6.45, 7) is 12.8. The monoisotopic (exact) mass is 1410 g/mol. The maximum atomic E-state index is 13.4. The molecule has 0 saturated carbocycles. The fraction of sp³-hybridized carbons (Fsp3) is 0.718. The number of aliphatic hydroxyl groups excluding tert-OH is 2. The molecule has 12 atom stereocenters. The first-order valence-electron chi connectivity index (χ1n) is 34.7. The van der Waals surface area contributed by atoms with E-state index in [2.05, 4.69) is 34.5 Å². The smallest absolute Gasteiger partial charge is 0.330 e. The van der Waals surface area contributed by atoms with Gasteiger partial charge in [-0.3, -0.25) is 29.0 Å². The summed E-state index contributed by atoms with van der Waals surface area (Å²) in [6.07, 6.45) is 17.8. The average Bonchev–Trinajstić information content (AvgIpc) is 0.922. The number of amides is 2. The third kappa shape index (κ3) is 26.0. The van der Waals surface area contributed by atoms with Crippen molar-refractivity contribution in [3.63, 3.8) is 0 Å². The van der Waals surface area contributed by atoms with Gasteiger partial charge in [0.05, 0.1) is 76.8 Å². The van der Waals surface area contributed by atoms with Gasteiger partial charge in [0.1, 0.15) is 39.5 Å². The Morgan fingerprint density at radius 3 is 2.21 bits per heavy atom. The van der Waals surface area contributed by atoms with Crippen molar-refractivity contribution in [2.75, 3.05) is 32.3 Å². The van der Waals surface area contributed by atoms with Crippen molar-refractivity contribution in [1.82, 2.24) is 15.6 Å². The largest absolute Gasteiger partial charge is 0.466 e. The lowest BCUT2D eigenvalue weighted by molar-refractivity contribution is -0.327. The average molecular weight is 1420 g/mol. The number of thiazole rings is 1. The summed E-state index contributed by atoms with van der Waals surface area (Å²) in [7, 11) is 2.53. The highest BCUT2D eigenvalue weighted by molar-refractivity contribution is 8.14. The lowest BCUT2D eigenvalue weighted by Crippen LogP contribution is -2.62. The molecule has 26 heteroatoms. The molecule has 0 aromatic carbocycles. The molecule has 1 aromatic rings. The summed E-state index contributed by atoms with van der Waals surface area (Å²) in [6, 6.07) is -0.896. The first kappa shape index (κ1) is 80.7. The number of aromatic nitrogens is 1. The number of methoxy groups -OCH3 is 2. The van der Waals surface area contributed by atoms with Gasteiger partial charge in [-0.05, 0) is 82.3 Å². The van der Waals surface area contributed by atoms with Crippen molar-refractivity contribution in [2.24, 2.45) is 16.3 Å². The molecule has 6 aliphatic rings. The molecule has 3 saturated heterocycles. The number of thioether (sulfide) groups is 2. The van der Waals surface area contributed by atoms with E-state index in [0.717, 1.165) is 68.4 Å². The summed E-state index contributed by atoms with van der Waals surface area (Å²) in [4.78, 5) is 112. The van der Waals surface area contributed by atoms with E-state index in [1.165, 1.54) is 80.5 Å². The summed E-state index contributed by atoms with van der Waals surface area (Å²) in [5.41, 5.74) is -0.652. The topological polar surface area (TPSA) is 320 Å². The van der Waals surface area contributed by atoms with Crippen LogP contribution in [0, 0.1) is 11.3 Å². The van der Waals surface area contributed by atoms with Crippen LogP contribution in [0.2, 0.25) is 0 Å². The van der Waals surface area contributed by atoms with Crippen LogP contribution in [0.3, 0.4) is 0 Å². The van der Waals surface area contributed by atoms with Gasteiger partial charge in [-0.25, -0.2) is 19.4 Å². The molecule has 1 aromatic heterocycles. The zero-order valence-electron chi connectivity index (χ0n) is 58.2. The Bertz CT molecular complexity index is 2950.